The van der Waals surface area contributed by atoms with Crippen LogP contribution in [0.1, 0.15) is 18.4 Å². The fourth-order valence-electron chi connectivity index (χ4n) is 2.75. The van der Waals surface area contributed by atoms with E-state index in [2.05, 4.69) is 50.5 Å². The number of anilines is 2. The van der Waals surface area contributed by atoms with Crippen molar-refractivity contribution in [2.24, 2.45) is 0 Å². The molecule has 3 rings (SSSR count). The van der Waals surface area contributed by atoms with Crippen molar-refractivity contribution in [1.82, 2.24) is 14.9 Å². The molecule has 21 heavy (non-hydrogen) atoms. The SMILES string of the molecule is Nc1cnc(NC2CCCN(Cc3ccccc3)C2)nc1. The molecular formula is C16H21N5. The van der Waals surface area contributed by atoms with E-state index >= 15 is 0 Å². The summed E-state index contributed by atoms with van der Waals surface area (Å²) in [6.45, 7) is 3.17. The number of likely N-dealkylation sites (tertiary alicyclic amines) is 1. The summed E-state index contributed by atoms with van der Waals surface area (Å²) in [5.41, 5.74) is 7.56. The first kappa shape index (κ1) is 13.8. The minimum atomic E-state index is 0.395. The third-order valence-corrected chi connectivity index (χ3v) is 3.76. The summed E-state index contributed by atoms with van der Waals surface area (Å²) in [4.78, 5) is 10.9. The fraction of sp³-hybridized carbons (Fsp3) is 0.375. The molecule has 5 heteroatoms. The molecule has 0 radical (unpaired) electrons. The molecule has 1 saturated heterocycles. The van der Waals surface area contributed by atoms with Crippen molar-refractivity contribution >= 4 is 11.6 Å². The van der Waals surface area contributed by atoms with Crippen molar-refractivity contribution in [1.29, 1.82) is 0 Å². The predicted octanol–water partition coefficient (Wildman–Crippen LogP) is 2.14. The van der Waals surface area contributed by atoms with Crippen LogP contribution in [0.15, 0.2) is 42.7 Å². The third kappa shape index (κ3) is 3.92. The molecule has 1 aliphatic rings. The van der Waals surface area contributed by atoms with Crippen molar-refractivity contribution in [3.05, 3.63) is 48.3 Å². The van der Waals surface area contributed by atoms with Gasteiger partial charge in [-0.1, -0.05) is 30.3 Å². The van der Waals surface area contributed by atoms with Gasteiger partial charge in [-0.05, 0) is 24.9 Å². The second-order valence-corrected chi connectivity index (χ2v) is 5.54. The lowest BCUT2D eigenvalue weighted by molar-refractivity contribution is 0.208. The molecule has 1 atom stereocenters. The van der Waals surface area contributed by atoms with Crippen molar-refractivity contribution in [2.75, 3.05) is 24.1 Å². The van der Waals surface area contributed by atoms with E-state index in [9.17, 15) is 0 Å². The second-order valence-electron chi connectivity index (χ2n) is 5.54. The number of nitrogens with one attached hydrogen (secondary N) is 1. The van der Waals surface area contributed by atoms with Crippen LogP contribution in [-0.4, -0.2) is 34.0 Å². The van der Waals surface area contributed by atoms with Gasteiger partial charge in [0.05, 0.1) is 18.1 Å². The molecule has 2 aromatic rings. The van der Waals surface area contributed by atoms with Gasteiger partial charge in [-0.15, -0.1) is 0 Å². The zero-order valence-electron chi connectivity index (χ0n) is 12.1. The summed E-state index contributed by atoms with van der Waals surface area (Å²) in [7, 11) is 0. The zero-order valence-corrected chi connectivity index (χ0v) is 12.1. The van der Waals surface area contributed by atoms with E-state index in [-0.39, 0.29) is 0 Å². The Hall–Kier alpha value is -2.14. The lowest BCUT2D eigenvalue weighted by atomic mass is 10.0. The minimum absolute atomic E-state index is 0.395. The number of piperidine rings is 1. The lowest BCUT2D eigenvalue weighted by Crippen LogP contribution is -2.41. The first-order chi connectivity index (χ1) is 10.3. The topological polar surface area (TPSA) is 67.1 Å². The Bertz CT molecular complexity index is 555. The zero-order chi connectivity index (χ0) is 14.5. The predicted molar refractivity (Wildman–Crippen MR) is 84.8 cm³/mol. The molecule has 0 aliphatic carbocycles. The molecule has 1 fully saturated rings. The highest BCUT2D eigenvalue weighted by atomic mass is 15.2. The number of benzene rings is 1. The molecule has 0 spiro atoms. The van der Waals surface area contributed by atoms with Crippen LogP contribution >= 0.6 is 0 Å². The number of nitrogen functional groups attached to an aromatic ring is 1. The molecule has 2 heterocycles. The number of hydrogen-bond donors (Lipinski definition) is 2. The minimum Gasteiger partial charge on any atom is -0.396 e. The summed E-state index contributed by atoms with van der Waals surface area (Å²) in [5.74, 6) is 0.663. The van der Waals surface area contributed by atoms with E-state index in [1.165, 1.54) is 12.0 Å². The highest BCUT2D eigenvalue weighted by Crippen LogP contribution is 2.16. The largest absolute Gasteiger partial charge is 0.396 e. The fourth-order valence-corrected chi connectivity index (χ4v) is 2.75. The molecule has 0 bridgehead atoms. The van der Waals surface area contributed by atoms with Crippen LogP contribution in [0.3, 0.4) is 0 Å². The number of hydrogen-bond acceptors (Lipinski definition) is 5. The molecule has 110 valence electrons. The Kier molecular flexibility index (Phi) is 4.31. The Morgan fingerprint density at radius 1 is 1.19 bits per heavy atom. The Morgan fingerprint density at radius 3 is 2.71 bits per heavy atom. The highest BCUT2D eigenvalue weighted by Gasteiger charge is 2.20. The van der Waals surface area contributed by atoms with Crippen LogP contribution in [0.2, 0.25) is 0 Å². The van der Waals surface area contributed by atoms with E-state index in [0.29, 0.717) is 17.7 Å². The monoisotopic (exact) mass is 283 g/mol. The molecule has 1 unspecified atom stereocenters. The number of nitrogens with two attached hydrogens (primary N) is 1. The molecule has 1 aliphatic heterocycles. The maximum Gasteiger partial charge on any atom is 0.222 e. The van der Waals surface area contributed by atoms with Gasteiger partial charge in [-0.3, -0.25) is 4.90 Å². The first-order valence-corrected chi connectivity index (χ1v) is 7.40. The van der Waals surface area contributed by atoms with Crippen LogP contribution < -0.4 is 11.1 Å². The van der Waals surface area contributed by atoms with Gasteiger partial charge in [0.1, 0.15) is 0 Å². The van der Waals surface area contributed by atoms with Crippen molar-refractivity contribution in [3.8, 4) is 0 Å². The standard InChI is InChI=1S/C16H21N5/c17-14-9-18-16(19-10-14)20-15-7-4-8-21(12-15)11-13-5-2-1-3-6-13/h1-3,5-6,9-10,15H,4,7-8,11-12,17H2,(H,18,19,20). The van der Waals surface area contributed by atoms with E-state index in [1.54, 1.807) is 12.4 Å². The molecule has 5 nitrogen and oxygen atoms in total. The van der Waals surface area contributed by atoms with E-state index in [4.69, 9.17) is 5.73 Å². The maximum atomic E-state index is 5.61. The average Bonchev–Trinajstić information content (AvgIpc) is 2.51. The van der Waals surface area contributed by atoms with Crippen LogP contribution in [0.5, 0.6) is 0 Å². The van der Waals surface area contributed by atoms with Crippen molar-refractivity contribution < 1.29 is 0 Å². The van der Waals surface area contributed by atoms with Gasteiger partial charge in [0.25, 0.3) is 0 Å². The summed E-state index contributed by atoms with van der Waals surface area (Å²) in [6, 6.07) is 11.0. The summed E-state index contributed by atoms with van der Waals surface area (Å²) >= 11 is 0. The highest BCUT2D eigenvalue weighted by molar-refractivity contribution is 5.36. The molecule has 0 amide bonds. The molecule has 3 N–H and O–H groups in total. The Morgan fingerprint density at radius 2 is 1.95 bits per heavy atom. The Balaban J connectivity index is 1.57. The Labute approximate surface area is 125 Å². The average molecular weight is 283 g/mol. The summed E-state index contributed by atoms with van der Waals surface area (Å²) in [5, 5.41) is 3.40. The summed E-state index contributed by atoms with van der Waals surface area (Å²) < 4.78 is 0. The van der Waals surface area contributed by atoms with Gasteiger partial charge in [-0.25, -0.2) is 9.97 Å². The molecular weight excluding hydrogens is 262 g/mol. The lowest BCUT2D eigenvalue weighted by Gasteiger charge is -2.33. The third-order valence-electron chi connectivity index (χ3n) is 3.76. The van der Waals surface area contributed by atoms with Crippen LogP contribution in [0.4, 0.5) is 11.6 Å². The molecule has 1 aromatic heterocycles. The van der Waals surface area contributed by atoms with E-state index < -0.39 is 0 Å². The van der Waals surface area contributed by atoms with Crippen molar-refractivity contribution in [2.45, 2.75) is 25.4 Å². The number of aromatic nitrogens is 2. The maximum absolute atomic E-state index is 5.61. The van der Waals surface area contributed by atoms with Gasteiger partial charge in [0.15, 0.2) is 0 Å². The van der Waals surface area contributed by atoms with Crippen molar-refractivity contribution in [3.63, 3.8) is 0 Å². The quantitative estimate of drug-likeness (QED) is 0.900. The van der Waals surface area contributed by atoms with Gasteiger partial charge >= 0.3 is 0 Å². The normalized spacial score (nSPS) is 19.3. The van der Waals surface area contributed by atoms with Gasteiger partial charge in [0, 0.05) is 19.1 Å². The van der Waals surface area contributed by atoms with Gasteiger partial charge in [-0.2, -0.15) is 0 Å². The summed E-state index contributed by atoms with van der Waals surface area (Å²) in [6.07, 6.45) is 5.62. The molecule has 1 aromatic carbocycles. The van der Waals surface area contributed by atoms with Crippen LogP contribution in [0, 0.1) is 0 Å². The second kappa shape index (κ2) is 6.54. The van der Waals surface area contributed by atoms with Gasteiger partial charge in [0.2, 0.25) is 5.95 Å². The van der Waals surface area contributed by atoms with Crippen LogP contribution in [-0.2, 0) is 6.54 Å². The number of nitrogens with zero attached hydrogens (tertiary/aromatic N) is 3. The van der Waals surface area contributed by atoms with Gasteiger partial charge < -0.3 is 11.1 Å². The van der Waals surface area contributed by atoms with E-state index in [1.807, 2.05) is 0 Å². The molecule has 0 saturated carbocycles. The van der Waals surface area contributed by atoms with E-state index in [0.717, 1.165) is 26.1 Å². The number of rotatable bonds is 4. The first-order valence-electron chi connectivity index (χ1n) is 7.40. The smallest absolute Gasteiger partial charge is 0.222 e. The van der Waals surface area contributed by atoms with Crippen LogP contribution in [0.25, 0.3) is 0 Å².